The Morgan fingerprint density at radius 1 is 0.596 bits per heavy atom. The first-order valence-corrected chi connectivity index (χ1v) is 39.7. The molecule has 5 heterocycles. The molecule has 1 saturated carbocycles. The number of fused-ring (bicyclic) bond motifs is 4. The third-order valence-corrected chi connectivity index (χ3v) is 20.4. The van der Waals surface area contributed by atoms with E-state index >= 15 is 0 Å². The molecule has 5 aliphatic heterocycles. The summed E-state index contributed by atoms with van der Waals surface area (Å²) in [4.78, 5) is 130. The van der Waals surface area contributed by atoms with E-state index in [0.29, 0.717) is 165 Å². The highest BCUT2D eigenvalue weighted by atomic mass is 16.6. The molecule has 2 fully saturated rings. The Kier molecular flexibility index (Phi) is 35.7. The second-order valence-electron chi connectivity index (χ2n) is 29.5. The fourth-order valence-electron chi connectivity index (χ4n) is 14.3. The number of methoxy groups -OCH3 is 2. The van der Waals surface area contributed by atoms with E-state index in [1.54, 1.807) is 67.6 Å². The number of unbranched alkanes of at least 4 members (excludes halogenated alkanes) is 2. The third kappa shape index (κ3) is 26.2. The van der Waals surface area contributed by atoms with Gasteiger partial charge in [0.25, 0.3) is 11.8 Å². The van der Waals surface area contributed by atoms with Gasteiger partial charge < -0.3 is 97.8 Å². The number of anilines is 2. The van der Waals surface area contributed by atoms with E-state index in [2.05, 4.69) is 33.2 Å². The second-order valence-corrected chi connectivity index (χ2v) is 29.5. The fraction of sp³-hybridized carbons (Fsp3) is 0.610. The molecule has 8 atom stereocenters. The molecule has 6 aliphatic rings. The summed E-state index contributed by atoms with van der Waals surface area (Å²) in [6.07, 6.45) is 10.3. The Morgan fingerprint density at radius 2 is 1.16 bits per heavy atom. The molecular weight excluding hydrogens is 1480 g/mol. The molecule has 0 radical (unpaired) electrons. The number of hydrogen-bond donors (Lipinski definition) is 5. The zero-order chi connectivity index (χ0) is 81.5. The van der Waals surface area contributed by atoms with Crippen molar-refractivity contribution >= 4 is 76.6 Å². The quantitative estimate of drug-likeness (QED) is 0.0268. The number of hydrogen-bond acceptors (Lipinski definition) is 24. The summed E-state index contributed by atoms with van der Waals surface area (Å²) in [5.74, 6) is -0.991. The Balaban J connectivity index is 0.572. The predicted molar refractivity (Wildman–Crippen MR) is 419 cm³/mol. The predicted octanol–water partition coefficient (Wildman–Crippen LogP) is 7.57. The molecule has 32 heteroatoms. The summed E-state index contributed by atoms with van der Waals surface area (Å²) in [5, 5.41) is 23.0. The summed E-state index contributed by atoms with van der Waals surface area (Å²) >= 11 is 0. The van der Waals surface area contributed by atoms with Gasteiger partial charge in [0.2, 0.25) is 35.4 Å². The van der Waals surface area contributed by atoms with E-state index in [4.69, 9.17) is 61.6 Å². The summed E-state index contributed by atoms with van der Waals surface area (Å²) in [6.45, 7) is 17.3. The molecule has 9 amide bonds. The average Bonchev–Trinajstić information content (AvgIpc) is 1.60. The van der Waals surface area contributed by atoms with Crippen LogP contribution in [0, 0.1) is 23.7 Å². The van der Waals surface area contributed by atoms with E-state index in [-0.39, 0.29) is 129 Å². The molecular formula is C82H115N9O23. The van der Waals surface area contributed by atoms with Crippen LogP contribution in [-0.2, 0) is 78.0 Å². The minimum Gasteiger partial charge on any atom is -0.493 e. The van der Waals surface area contributed by atoms with Crippen LogP contribution >= 0.6 is 0 Å². The maximum absolute atomic E-state index is 14.3. The zero-order valence-electron chi connectivity index (χ0n) is 67.0. The number of amides is 9. The maximum Gasteiger partial charge on any atom is 0.416 e. The Morgan fingerprint density at radius 3 is 1.75 bits per heavy atom. The van der Waals surface area contributed by atoms with Crippen molar-refractivity contribution in [2.75, 3.05) is 156 Å². The largest absolute Gasteiger partial charge is 0.493 e. The highest BCUT2D eigenvalue weighted by Gasteiger charge is 2.46. The van der Waals surface area contributed by atoms with Crippen molar-refractivity contribution in [1.29, 1.82) is 0 Å². The highest BCUT2D eigenvalue weighted by Crippen LogP contribution is 2.44. The number of likely N-dealkylation sites (tertiary alicyclic amines) is 1. The first-order valence-electron chi connectivity index (χ1n) is 39.7. The average molecular weight is 1590 g/mol. The Bertz CT molecular complexity index is 3820. The van der Waals surface area contributed by atoms with Crippen LogP contribution in [0.25, 0.3) is 0 Å². The van der Waals surface area contributed by atoms with Crippen molar-refractivity contribution in [2.45, 2.75) is 156 Å². The van der Waals surface area contributed by atoms with Crippen LogP contribution in [0.5, 0.6) is 23.0 Å². The van der Waals surface area contributed by atoms with Gasteiger partial charge in [-0.25, -0.2) is 9.69 Å². The number of nitrogens with zero attached hydrogens (tertiary/aromatic N) is 5. The minimum absolute atomic E-state index is 0.0138. The number of imide groups is 1. The number of ether oxygens (including phenoxy) is 13. The highest BCUT2D eigenvalue weighted by molar-refractivity contribution is 6.07. The minimum atomic E-state index is -1.53. The van der Waals surface area contributed by atoms with E-state index in [9.17, 15) is 48.3 Å². The standard InChI is InChI=1S/C82H115N9O23/c1-53(2)75(87-73(93)20-25-104-27-29-106-31-33-108-35-37-110-39-40-111-38-36-109-34-32-107-30-28-105-26-21-83-72(92)19-22-88-74(94)46-62(78(88)97)59-14-12-13-54(3)41-59)77(96)85-57(6)76(95)86-60-17-15-58(16-18-60)52-114-82(101)91-66-48-71(69(103-8)45-64(66)80(99)90-51-56(5)43-67(90)81(91)100)113-24-11-9-10-23-112-70-47-65-63(44-68(70)102-7)79(98)89-50-55(4)42-61(89)49-84-65/h15-18,44-45,47-51,53-54,57,59,61-62,67,75,81,100H,9-14,19-43,46,52H2,1-8H3,(H,83,92)(H,85,96)(H,86,95)(H,87,93)/t54?,57-,59?,61-,62?,67-,75-,81-/m0/s1. The van der Waals surface area contributed by atoms with Crippen molar-refractivity contribution in [2.24, 2.45) is 28.7 Å². The van der Waals surface area contributed by atoms with E-state index in [0.717, 1.165) is 41.7 Å². The van der Waals surface area contributed by atoms with Gasteiger partial charge in [0.1, 0.15) is 18.7 Å². The number of aliphatic hydroxyl groups is 1. The maximum atomic E-state index is 14.3. The molecule has 0 spiro atoms. The van der Waals surface area contributed by atoms with Crippen molar-refractivity contribution in [3.05, 3.63) is 88.8 Å². The van der Waals surface area contributed by atoms with E-state index in [1.807, 2.05) is 20.0 Å². The lowest BCUT2D eigenvalue weighted by atomic mass is 9.75. The number of carbonyl (C=O) groups is 9. The van der Waals surface area contributed by atoms with Crippen molar-refractivity contribution < 1.29 is 110 Å². The molecule has 5 N–H and O–H groups in total. The summed E-state index contributed by atoms with van der Waals surface area (Å²) in [7, 11) is 2.96. The van der Waals surface area contributed by atoms with Crippen LogP contribution in [0.4, 0.5) is 21.9 Å². The van der Waals surface area contributed by atoms with Crippen molar-refractivity contribution in [1.82, 2.24) is 30.7 Å². The van der Waals surface area contributed by atoms with Gasteiger partial charge in [-0.15, -0.1) is 0 Å². The number of aliphatic hydroxyl groups excluding tert-OH is 1. The summed E-state index contributed by atoms with van der Waals surface area (Å²) < 4.78 is 73.9. The fourth-order valence-corrected chi connectivity index (χ4v) is 14.3. The normalized spacial score (nSPS) is 19.6. The second kappa shape index (κ2) is 45.8. The first-order chi connectivity index (χ1) is 55.1. The molecule has 1 saturated heterocycles. The molecule has 9 rings (SSSR count). The summed E-state index contributed by atoms with van der Waals surface area (Å²) in [6, 6.07) is 9.94. The molecule has 626 valence electrons. The van der Waals surface area contributed by atoms with Gasteiger partial charge in [-0.3, -0.25) is 48.2 Å². The molecule has 3 aromatic rings. The van der Waals surface area contributed by atoms with Gasteiger partial charge >= 0.3 is 6.09 Å². The lowest BCUT2D eigenvalue weighted by molar-refractivity contribution is -0.140. The lowest BCUT2D eigenvalue weighted by Gasteiger charge is -2.31. The van der Waals surface area contributed by atoms with Crippen LogP contribution < -0.4 is 45.1 Å². The molecule has 0 bridgehead atoms. The van der Waals surface area contributed by atoms with Gasteiger partial charge in [-0.05, 0) is 113 Å². The number of nitrogens with one attached hydrogen (secondary N) is 4. The molecule has 32 nitrogen and oxygen atoms in total. The van der Waals surface area contributed by atoms with Gasteiger partial charge in [0, 0.05) is 68.8 Å². The number of rotatable bonds is 49. The number of carbonyl (C=O) groups excluding carboxylic acids is 9. The summed E-state index contributed by atoms with van der Waals surface area (Å²) in [5.41, 5.74) is 3.92. The monoisotopic (exact) mass is 1590 g/mol. The third-order valence-electron chi connectivity index (χ3n) is 20.4. The molecule has 114 heavy (non-hydrogen) atoms. The van der Waals surface area contributed by atoms with Crippen LogP contribution in [-0.4, -0.2) is 256 Å². The topological polar surface area (TPSA) is 367 Å². The lowest BCUT2D eigenvalue weighted by Crippen LogP contribution is -2.53. The van der Waals surface area contributed by atoms with Crippen molar-refractivity contribution in [3.8, 4) is 23.0 Å². The molecule has 1 aliphatic carbocycles. The van der Waals surface area contributed by atoms with Crippen LogP contribution in [0.2, 0.25) is 0 Å². The number of benzene rings is 3. The molecule has 0 aromatic heterocycles. The molecule has 3 aromatic carbocycles. The van der Waals surface area contributed by atoms with Crippen LogP contribution in [0.15, 0.2) is 77.1 Å². The van der Waals surface area contributed by atoms with Crippen molar-refractivity contribution in [3.63, 3.8) is 0 Å². The SMILES string of the molecule is COc1cc2c(cc1OCCCCCOc1cc3c(cc1OC)C(=O)N1C=C(C)C[C@H]1[C@H](O)N3C(=O)OCc1ccc(NC(=O)[C@H](C)NC(=O)[C@@H](NC(=O)CCOCCOCCOCCOCCOCCOCCOCCOCCNC(=O)CCN3C(=O)CC(C4CCCC(C)C4)C3=O)C(C)C)cc1)N=C[C@@H]1CC(C)=CN1C2=O. The first kappa shape index (κ1) is 88.8. The van der Waals surface area contributed by atoms with Gasteiger partial charge in [-0.2, -0.15) is 0 Å². The van der Waals surface area contributed by atoms with E-state index in [1.165, 1.54) is 49.5 Å². The van der Waals surface area contributed by atoms with Crippen LogP contribution in [0.1, 0.15) is 145 Å². The number of aliphatic imine (C=N–C) groups is 1. The van der Waals surface area contributed by atoms with Gasteiger partial charge in [0.15, 0.2) is 29.2 Å². The molecule has 3 unspecified atom stereocenters. The van der Waals surface area contributed by atoms with Gasteiger partial charge in [-0.1, -0.05) is 56.9 Å². The smallest absolute Gasteiger partial charge is 0.416 e. The Labute approximate surface area is 666 Å². The van der Waals surface area contributed by atoms with E-state index < -0.39 is 54.1 Å². The van der Waals surface area contributed by atoms with Crippen LogP contribution in [0.3, 0.4) is 0 Å². The zero-order valence-corrected chi connectivity index (χ0v) is 67.0. The Hall–Kier alpha value is -9.12. The van der Waals surface area contributed by atoms with Gasteiger partial charge in [0.05, 0.1) is 174 Å².